The summed E-state index contributed by atoms with van der Waals surface area (Å²) in [5.74, 6) is 2.31. The molecule has 1 aromatic carbocycles. The zero-order valence-corrected chi connectivity index (χ0v) is 12.6. The smallest absolute Gasteiger partial charge is 0.229 e. The largest absolute Gasteiger partial charge is 0.485 e. The van der Waals surface area contributed by atoms with E-state index in [0.29, 0.717) is 23.4 Å². The number of ether oxygens (including phenoxy) is 1. The monoisotopic (exact) mass is 338 g/mol. The van der Waals surface area contributed by atoms with Crippen LogP contribution in [-0.4, -0.2) is 15.2 Å². The first kappa shape index (κ1) is 13.6. The molecule has 20 heavy (non-hydrogen) atoms. The second kappa shape index (κ2) is 5.54. The molecule has 1 saturated carbocycles. The number of hydrogen-bond donors (Lipinski definition) is 1. The molecule has 1 unspecified atom stereocenters. The Hall–Kier alpha value is -1.40. The van der Waals surface area contributed by atoms with Crippen molar-refractivity contribution < 1.29 is 14.4 Å². The maximum absolute atomic E-state index is 9.76. The van der Waals surface area contributed by atoms with Crippen molar-refractivity contribution in [2.45, 2.75) is 38.4 Å². The average Bonchev–Trinajstić information content (AvgIpc) is 3.17. The third-order valence-corrected chi connectivity index (χ3v) is 3.68. The fourth-order valence-electron chi connectivity index (χ4n) is 1.94. The van der Waals surface area contributed by atoms with Crippen LogP contribution in [-0.2, 0) is 6.61 Å². The van der Waals surface area contributed by atoms with E-state index in [4.69, 9.17) is 9.26 Å². The Morgan fingerprint density at radius 2 is 2.30 bits per heavy atom. The molecule has 0 amide bonds. The Morgan fingerprint density at radius 1 is 1.50 bits per heavy atom. The molecule has 1 atom stereocenters. The molecule has 1 aliphatic rings. The van der Waals surface area contributed by atoms with Crippen LogP contribution in [0.15, 0.2) is 27.2 Å². The highest BCUT2D eigenvalue weighted by atomic mass is 79.9. The van der Waals surface area contributed by atoms with E-state index in [0.717, 1.165) is 22.9 Å². The van der Waals surface area contributed by atoms with E-state index in [1.807, 2.05) is 18.2 Å². The van der Waals surface area contributed by atoms with E-state index in [9.17, 15) is 5.11 Å². The van der Waals surface area contributed by atoms with Crippen LogP contribution in [0.4, 0.5) is 0 Å². The van der Waals surface area contributed by atoms with Crippen molar-refractivity contribution in [1.29, 1.82) is 0 Å². The summed E-state index contributed by atoms with van der Waals surface area (Å²) in [4.78, 5) is 4.30. The highest BCUT2D eigenvalue weighted by molar-refractivity contribution is 9.10. The summed E-state index contributed by atoms with van der Waals surface area (Å²) in [6, 6.07) is 5.52. The normalized spacial score (nSPS) is 16.1. The molecule has 0 spiro atoms. The summed E-state index contributed by atoms with van der Waals surface area (Å²) in [6.07, 6.45) is 1.65. The Labute approximate surface area is 125 Å². The van der Waals surface area contributed by atoms with E-state index in [2.05, 4.69) is 26.1 Å². The maximum Gasteiger partial charge on any atom is 0.229 e. The molecule has 5 nitrogen and oxygen atoms in total. The Kier molecular flexibility index (Phi) is 3.76. The topological polar surface area (TPSA) is 68.4 Å². The molecule has 0 bridgehead atoms. The van der Waals surface area contributed by atoms with Gasteiger partial charge in [0.1, 0.15) is 5.75 Å². The molecule has 6 heteroatoms. The van der Waals surface area contributed by atoms with E-state index >= 15 is 0 Å². The highest BCUT2D eigenvalue weighted by Gasteiger charge is 2.29. The third kappa shape index (κ3) is 3.02. The van der Waals surface area contributed by atoms with Crippen LogP contribution < -0.4 is 4.74 Å². The standard InChI is InChI=1S/C14H15BrN2O3/c1-8(18)11-6-10(15)4-5-12(11)19-7-13-16-14(20-17-13)9-2-3-9/h4-6,8-9,18H,2-3,7H2,1H3. The molecule has 3 rings (SSSR count). The van der Waals surface area contributed by atoms with Crippen molar-refractivity contribution in [2.24, 2.45) is 0 Å². The molecule has 2 aromatic rings. The van der Waals surface area contributed by atoms with Gasteiger partial charge in [0.05, 0.1) is 6.10 Å². The number of halogens is 1. The lowest BCUT2D eigenvalue weighted by Gasteiger charge is -2.12. The van der Waals surface area contributed by atoms with Crippen LogP contribution in [0, 0.1) is 0 Å². The number of aliphatic hydroxyl groups excluding tert-OH is 1. The Balaban J connectivity index is 1.70. The van der Waals surface area contributed by atoms with Gasteiger partial charge in [-0.05, 0) is 38.0 Å². The molecule has 1 aliphatic carbocycles. The molecule has 1 N–H and O–H groups in total. The van der Waals surface area contributed by atoms with Crippen LogP contribution in [0.2, 0.25) is 0 Å². The van der Waals surface area contributed by atoms with E-state index in [1.165, 1.54) is 0 Å². The van der Waals surface area contributed by atoms with Gasteiger partial charge < -0.3 is 14.4 Å². The van der Waals surface area contributed by atoms with Gasteiger partial charge in [-0.15, -0.1) is 0 Å². The van der Waals surface area contributed by atoms with Crippen LogP contribution in [0.25, 0.3) is 0 Å². The predicted molar refractivity (Wildman–Crippen MR) is 75.4 cm³/mol. The van der Waals surface area contributed by atoms with Crippen LogP contribution in [0.5, 0.6) is 5.75 Å². The second-order valence-corrected chi connectivity index (χ2v) is 5.89. The first-order chi connectivity index (χ1) is 9.63. The van der Waals surface area contributed by atoms with Gasteiger partial charge in [0.15, 0.2) is 6.61 Å². The first-order valence-electron chi connectivity index (χ1n) is 6.56. The van der Waals surface area contributed by atoms with Gasteiger partial charge in [-0.3, -0.25) is 0 Å². The Morgan fingerprint density at radius 3 is 3.00 bits per heavy atom. The molecule has 106 valence electrons. The van der Waals surface area contributed by atoms with Crippen molar-refractivity contribution in [3.8, 4) is 5.75 Å². The van der Waals surface area contributed by atoms with Gasteiger partial charge in [-0.1, -0.05) is 21.1 Å². The van der Waals surface area contributed by atoms with E-state index in [-0.39, 0.29) is 6.61 Å². The fraction of sp³-hybridized carbons (Fsp3) is 0.429. The van der Waals surface area contributed by atoms with Gasteiger partial charge in [-0.2, -0.15) is 4.98 Å². The quantitative estimate of drug-likeness (QED) is 0.905. The zero-order valence-electron chi connectivity index (χ0n) is 11.0. The summed E-state index contributed by atoms with van der Waals surface area (Å²) >= 11 is 3.38. The number of aliphatic hydroxyl groups is 1. The first-order valence-corrected chi connectivity index (χ1v) is 7.35. The lowest BCUT2D eigenvalue weighted by Crippen LogP contribution is -2.02. The van der Waals surface area contributed by atoms with Crippen LogP contribution >= 0.6 is 15.9 Å². The van der Waals surface area contributed by atoms with Crippen molar-refractivity contribution in [3.63, 3.8) is 0 Å². The lowest BCUT2D eigenvalue weighted by molar-refractivity contribution is 0.189. The summed E-state index contributed by atoms with van der Waals surface area (Å²) in [5.41, 5.74) is 0.727. The summed E-state index contributed by atoms with van der Waals surface area (Å²) in [7, 11) is 0. The summed E-state index contributed by atoms with van der Waals surface area (Å²) in [6.45, 7) is 1.94. The summed E-state index contributed by atoms with van der Waals surface area (Å²) in [5, 5.41) is 13.7. The van der Waals surface area contributed by atoms with Gasteiger partial charge in [0.2, 0.25) is 11.7 Å². The maximum atomic E-state index is 9.76. The Bertz CT molecular complexity index is 608. The number of aromatic nitrogens is 2. The lowest BCUT2D eigenvalue weighted by atomic mass is 10.1. The van der Waals surface area contributed by atoms with Gasteiger partial charge in [0, 0.05) is 16.0 Å². The number of benzene rings is 1. The molecular formula is C14H15BrN2O3. The SMILES string of the molecule is CC(O)c1cc(Br)ccc1OCc1noc(C2CC2)n1. The van der Waals surface area contributed by atoms with Crippen molar-refractivity contribution in [1.82, 2.24) is 10.1 Å². The third-order valence-electron chi connectivity index (χ3n) is 3.19. The number of nitrogens with zero attached hydrogens (tertiary/aromatic N) is 2. The van der Waals surface area contributed by atoms with Crippen molar-refractivity contribution >= 4 is 15.9 Å². The van der Waals surface area contributed by atoms with Gasteiger partial charge in [-0.25, -0.2) is 0 Å². The van der Waals surface area contributed by atoms with Crippen LogP contribution in [0.3, 0.4) is 0 Å². The van der Waals surface area contributed by atoms with Gasteiger partial charge in [0.25, 0.3) is 0 Å². The predicted octanol–water partition coefficient (Wildman–Crippen LogP) is 3.34. The van der Waals surface area contributed by atoms with E-state index in [1.54, 1.807) is 6.92 Å². The molecule has 0 aliphatic heterocycles. The minimum atomic E-state index is -0.602. The fourth-order valence-corrected chi connectivity index (χ4v) is 2.32. The minimum absolute atomic E-state index is 0.234. The number of rotatable bonds is 5. The molecule has 1 fully saturated rings. The second-order valence-electron chi connectivity index (χ2n) is 4.97. The molecule has 0 saturated heterocycles. The van der Waals surface area contributed by atoms with E-state index < -0.39 is 6.10 Å². The molecule has 1 aromatic heterocycles. The molecule has 0 radical (unpaired) electrons. The minimum Gasteiger partial charge on any atom is -0.485 e. The van der Waals surface area contributed by atoms with Crippen molar-refractivity contribution in [2.75, 3.05) is 0 Å². The number of hydrogen-bond acceptors (Lipinski definition) is 5. The molecule has 1 heterocycles. The van der Waals surface area contributed by atoms with Gasteiger partial charge >= 0.3 is 0 Å². The zero-order chi connectivity index (χ0) is 14.1. The summed E-state index contributed by atoms with van der Waals surface area (Å²) < 4.78 is 11.8. The van der Waals surface area contributed by atoms with Crippen LogP contribution in [0.1, 0.15) is 49.1 Å². The van der Waals surface area contributed by atoms with Crippen molar-refractivity contribution in [3.05, 3.63) is 40.0 Å². The highest BCUT2D eigenvalue weighted by Crippen LogP contribution is 2.38. The molecular weight excluding hydrogens is 324 g/mol. The average molecular weight is 339 g/mol.